The van der Waals surface area contributed by atoms with E-state index in [1.165, 1.54) is 70.1 Å². The van der Waals surface area contributed by atoms with Crippen LogP contribution in [0.15, 0.2) is 36.4 Å². The summed E-state index contributed by atoms with van der Waals surface area (Å²) in [6.07, 6.45) is 15.9. The molecule has 0 radical (unpaired) electrons. The summed E-state index contributed by atoms with van der Waals surface area (Å²) in [4.78, 5) is 13.1. The fourth-order valence-electron chi connectivity index (χ4n) is 12.8. The first-order valence-corrected chi connectivity index (χ1v) is 17.5. The molecule has 1 aromatic rings. The minimum atomic E-state index is -0.301. The Kier molecular flexibility index (Phi) is 7.69. The quantitative estimate of drug-likeness (QED) is 0.207. The Balaban J connectivity index is 1.21. The summed E-state index contributed by atoms with van der Waals surface area (Å²) < 4.78 is 11.4. The van der Waals surface area contributed by atoms with Crippen molar-refractivity contribution in [3.8, 4) is 11.5 Å². The Labute approximate surface area is 267 Å². The molecule has 4 nitrogen and oxygen atoms in total. The Morgan fingerprint density at radius 2 is 1.66 bits per heavy atom. The van der Waals surface area contributed by atoms with Crippen LogP contribution in [-0.4, -0.2) is 24.3 Å². The van der Waals surface area contributed by atoms with E-state index in [1.807, 2.05) is 6.07 Å². The van der Waals surface area contributed by atoms with Crippen molar-refractivity contribution in [3.05, 3.63) is 42.0 Å². The lowest BCUT2D eigenvalue weighted by atomic mass is 9.32. The van der Waals surface area contributed by atoms with Crippen molar-refractivity contribution in [2.24, 2.45) is 56.7 Å². The molecule has 5 aliphatic rings. The van der Waals surface area contributed by atoms with Gasteiger partial charge in [-0.2, -0.15) is 0 Å². The van der Waals surface area contributed by atoms with Crippen molar-refractivity contribution in [3.63, 3.8) is 0 Å². The number of carbonyl (C=O) groups excluding carboxylic acids is 1. The van der Waals surface area contributed by atoms with Gasteiger partial charge in [-0.1, -0.05) is 59.8 Å². The monoisotopic (exact) mass is 602 g/mol. The molecule has 6 rings (SSSR count). The number of hydrogen-bond acceptors (Lipinski definition) is 4. The highest BCUT2D eigenvalue weighted by Crippen LogP contribution is 2.77. The van der Waals surface area contributed by atoms with Gasteiger partial charge in [0, 0.05) is 11.5 Å². The van der Waals surface area contributed by atoms with Crippen molar-refractivity contribution in [2.75, 3.05) is 7.11 Å². The topological polar surface area (TPSA) is 55.8 Å². The van der Waals surface area contributed by atoms with Gasteiger partial charge in [0.1, 0.15) is 6.10 Å². The van der Waals surface area contributed by atoms with Crippen molar-refractivity contribution in [1.29, 1.82) is 0 Å². The standard InChI is InChI=1S/C40H58O4/c1-25(2)27-16-19-37(5)22-23-39(7)28(35(27)37)12-14-32-38(6)20-18-33(36(3,4)31(38)17-21-40(32,39)8)44-34(42)15-11-26-10-13-30(43-9)29(41)24-26/h10-11,13,15,24,27-28,31-33,35,41H,1,12,14,16-23H2,2-9H3/b15-11+/t27-,28-,31-,32+,33-,35-,37+,38-,39+,40+/m0/s1. The summed E-state index contributed by atoms with van der Waals surface area (Å²) >= 11 is 0. The number of methoxy groups -OCH3 is 1. The zero-order valence-corrected chi connectivity index (χ0v) is 28.8. The second kappa shape index (κ2) is 10.7. The van der Waals surface area contributed by atoms with Gasteiger partial charge in [-0.15, -0.1) is 0 Å². The summed E-state index contributed by atoms with van der Waals surface area (Å²) in [6.45, 7) is 22.2. The van der Waals surface area contributed by atoms with E-state index in [0.717, 1.165) is 30.2 Å². The molecule has 10 atom stereocenters. The van der Waals surface area contributed by atoms with Crippen LogP contribution < -0.4 is 4.74 Å². The van der Waals surface area contributed by atoms with Crippen LogP contribution in [0.1, 0.15) is 118 Å². The first-order valence-electron chi connectivity index (χ1n) is 17.5. The molecule has 4 heteroatoms. The molecule has 1 N–H and O–H groups in total. The smallest absolute Gasteiger partial charge is 0.331 e. The number of carbonyl (C=O) groups is 1. The molecule has 0 unspecified atom stereocenters. The third kappa shape index (κ3) is 4.54. The SMILES string of the molecule is C=C(C)[C@@H]1CC[C@]2(C)CC[C@]3(C)[C@@H](CC[C@@H]4[C@@]5(C)CC[C@H](OC(=O)/C=C/c6ccc(OC)c(O)c6)C(C)(C)[C@@H]5CC[C@]43C)[C@H]12. The molecule has 0 amide bonds. The Bertz CT molecular complexity index is 1340. The average molecular weight is 603 g/mol. The fourth-order valence-corrected chi connectivity index (χ4v) is 12.8. The molecular formula is C40H58O4. The van der Waals surface area contributed by atoms with Gasteiger partial charge in [-0.25, -0.2) is 4.79 Å². The van der Waals surface area contributed by atoms with Crippen LogP contribution in [0.2, 0.25) is 0 Å². The largest absolute Gasteiger partial charge is 0.504 e. The van der Waals surface area contributed by atoms with Crippen LogP contribution in [0.25, 0.3) is 6.08 Å². The molecule has 0 saturated heterocycles. The maximum absolute atomic E-state index is 13.1. The summed E-state index contributed by atoms with van der Waals surface area (Å²) in [5.41, 5.74) is 3.55. The van der Waals surface area contributed by atoms with Crippen LogP contribution in [0.5, 0.6) is 11.5 Å². The molecule has 1 aromatic carbocycles. The first-order chi connectivity index (χ1) is 20.6. The number of aromatic hydroxyl groups is 1. The number of fused-ring (bicyclic) bond motifs is 7. The molecule has 0 spiro atoms. The van der Waals surface area contributed by atoms with Gasteiger partial charge in [-0.3, -0.25) is 0 Å². The van der Waals surface area contributed by atoms with Crippen LogP contribution in [-0.2, 0) is 9.53 Å². The fraction of sp³-hybridized carbons (Fsp3) is 0.725. The Morgan fingerprint density at radius 1 is 0.909 bits per heavy atom. The minimum absolute atomic E-state index is 0.0593. The van der Waals surface area contributed by atoms with E-state index >= 15 is 0 Å². The van der Waals surface area contributed by atoms with Crippen LogP contribution >= 0.6 is 0 Å². The Hall–Kier alpha value is -2.23. The molecule has 5 aliphatic carbocycles. The number of allylic oxidation sites excluding steroid dienone is 1. The normalized spacial score (nSPS) is 44.2. The zero-order chi connectivity index (χ0) is 31.9. The van der Waals surface area contributed by atoms with E-state index in [-0.39, 0.29) is 28.7 Å². The van der Waals surface area contributed by atoms with Crippen molar-refractivity contribution < 1.29 is 19.4 Å². The summed E-state index contributed by atoms with van der Waals surface area (Å²) in [5, 5.41) is 10.1. The van der Waals surface area contributed by atoms with E-state index in [4.69, 9.17) is 9.47 Å². The third-order valence-corrected chi connectivity index (χ3v) is 15.3. The minimum Gasteiger partial charge on any atom is -0.504 e. The molecule has 0 heterocycles. The molecule has 242 valence electrons. The molecule has 0 aliphatic heterocycles. The Morgan fingerprint density at radius 3 is 2.34 bits per heavy atom. The third-order valence-electron chi connectivity index (χ3n) is 15.3. The number of ether oxygens (including phenoxy) is 2. The van der Waals surface area contributed by atoms with E-state index in [0.29, 0.717) is 39.7 Å². The van der Waals surface area contributed by atoms with Gasteiger partial charge in [0.15, 0.2) is 11.5 Å². The van der Waals surface area contributed by atoms with Crippen LogP contribution in [0.3, 0.4) is 0 Å². The predicted molar refractivity (Wildman–Crippen MR) is 178 cm³/mol. The van der Waals surface area contributed by atoms with E-state index < -0.39 is 0 Å². The van der Waals surface area contributed by atoms with E-state index in [1.54, 1.807) is 18.2 Å². The van der Waals surface area contributed by atoms with Gasteiger partial charge >= 0.3 is 5.97 Å². The summed E-state index contributed by atoms with van der Waals surface area (Å²) in [6, 6.07) is 5.13. The highest BCUT2D eigenvalue weighted by Gasteiger charge is 2.70. The lowest BCUT2D eigenvalue weighted by molar-refractivity contribution is -0.248. The number of hydrogen-bond donors (Lipinski definition) is 1. The van der Waals surface area contributed by atoms with Crippen molar-refractivity contribution in [2.45, 2.75) is 119 Å². The predicted octanol–water partition coefficient (Wildman–Crippen LogP) is 10.0. The molecule has 0 aromatic heterocycles. The van der Waals surface area contributed by atoms with Gasteiger partial charge in [0.05, 0.1) is 7.11 Å². The average Bonchev–Trinajstić information content (AvgIpc) is 3.32. The van der Waals surface area contributed by atoms with E-state index in [2.05, 4.69) is 55.0 Å². The summed E-state index contributed by atoms with van der Waals surface area (Å²) in [7, 11) is 1.52. The maximum Gasteiger partial charge on any atom is 0.331 e. The highest BCUT2D eigenvalue weighted by molar-refractivity contribution is 5.87. The molecule has 0 bridgehead atoms. The van der Waals surface area contributed by atoms with Gasteiger partial charge in [0.2, 0.25) is 0 Å². The highest BCUT2D eigenvalue weighted by atomic mass is 16.5. The molecule has 44 heavy (non-hydrogen) atoms. The molecule has 5 saturated carbocycles. The number of benzene rings is 1. The number of phenols is 1. The number of phenolic OH excluding ortho intramolecular Hbond substituents is 1. The van der Waals surface area contributed by atoms with Crippen LogP contribution in [0, 0.1) is 56.7 Å². The second-order valence-electron chi connectivity index (χ2n) is 17.4. The summed E-state index contributed by atoms with van der Waals surface area (Å²) in [5.74, 6) is 3.71. The van der Waals surface area contributed by atoms with E-state index in [9.17, 15) is 9.90 Å². The number of esters is 1. The lowest BCUT2D eigenvalue weighted by Gasteiger charge is -2.73. The number of rotatable bonds is 5. The first kappa shape index (κ1) is 31.7. The van der Waals surface area contributed by atoms with Gasteiger partial charge in [-0.05, 0) is 146 Å². The molecule has 5 fully saturated rings. The van der Waals surface area contributed by atoms with Gasteiger partial charge in [0.25, 0.3) is 0 Å². The zero-order valence-electron chi connectivity index (χ0n) is 28.8. The lowest BCUT2D eigenvalue weighted by Crippen LogP contribution is -2.66. The maximum atomic E-state index is 13.1. The van der Waals surface area contributed by atoms with Crippen molar-refractivity contribution in [1.82, 2.24) is 0 Å². The van der Waals surface area contributed by atoms with Gasteiger partial charge < -0.3 is 14.6 Å². The molecular weight excluding hydrogens is 544 g/mol. The van der Waals surface area contributed by atoms with Crippen LogP contribution in [0.4, 0.5) is 0 Å². The van der Waals surface area contributed by atoms with Crippen molar-refractivity contribution >= 4 is 12.0 Å². The second-order valence-corrected chi connectivity index (χ2v) is 17.4.